The van der Waals surface area contributed by atoms with Crippen LogP contribution in [-0.4, -0.2) is 17.5 Å². The number of anilines is 2. The predicted molar refractivity (Wildman–Crippen MR) is 102 cm³/mol. The predicted octanol–water partition coefficient (Wildman–Crippen LogP) is 4.08. The molecule has 1 aromatic heterocycles. The quantitative estimate of drug-likeness (QED) is 0.676. The molecular weight excluding hydrogens is 326 g/mol. The number of carbonyl (C=O) groups is 1. The molecule has 3 rings (SSSR count). The van der Waals surface area contributed by atoms with Crippen LogP contribution in [-0.2, 0) is 4.79 Å². The molecule has 1 heterocycles. The third-order valence-corrected chi connectivity index (χ3v) is 3.85. The van der Waals surface area contributed by atoms with Gasteiger partial charge in [0.2, 0.25) is 0 Å². The molecule has 26 heavy (non-hydrogen) atoms. The minimum Gasteiger partial charge on any atom is -0.484 e. The second-order valence-corrected chi connectivity index (χ2v) is 5.88. The molecule has 1 unspecified atom stereocenters. The standard InChI is InChI=1S/C21H21N3O2/c1-16(17-6-5-13-22-14-17)23-21(25)15-26-20-11-9-19(10-12-20)24-18-7-3-2-4-8-18/h2-14,16,24H,15H2,1H3,(H,23,25). The zero-order valence-electron chi connectivity index (χ0n) is 14.6. The SMILES string of the molecule is CC(NC(=O)COc1ccc(Nc2ccccc2)cc1)c1cccnc1. The lowest BCUT2D eigenvalue weighted by Crippen LogP contribution is -2.31. The van der Waals surface area contributed by atoms with Gasteiger partial charge in [0, 0.05) is 23.8 Å². The van der Waals surface area contributed by atoms with Crippen LogP contribution in [0.3, 0.4) is 0 Å². The van der Waals surface area contributed by atoms with Crippen molar-refractivity contribution in [1.82, 2.24) is 10.3 Å². The van der Waals surface area contributed by atoms with Gasteiger partial charge in [0.05, 0.1) is 6.04 Å². The molecule has 1 amide bonds. The summed E-state index contributed by atoms with van der Waals surface area (Å²) in [5.41, 5.74) is 2.93. The first-order valence-corrected chi connectivity index (χ1v) is 8.45. The van der Waals surface area contributed by atoms with Crippen LogP contribution in [0.2, 0.25) is 0 Å². The van der Waals surface area contributed by atoms with E-state index in [0.29, 0.717) is 5.75 Å². The molecule has 0 saturated carbocycles. The molecular formula is C21H21N3O2. The smallest absolute Gasteiger partial charge is 0.258 e. The third kappa shape index (κ3) is 5.08. The molecule has 0 aliphatic carbocycles. The third-order valence-electron chi connectivity index (χ3n) is 3.85. The van der Waals surface area contributed by atoms with Crippen LogP contribution >= 0.6 is 0 Å². The molecule has 3 aromatic rings. The van der Waals surface area contributed by atoms with Crippen molar-refractivity contribution in [2.75, 3.05) is 11.9 Å². The summed E-state index contributed by atoms with van der Waals surface area (Å²) in [6.45, 7) is 1.88. The Labute approximate surface area is 153 Å². The van der Waals surface area contributed by atoms with Gasteiger partial charge in [-0.3, -0.25) is 9.78 Å². The number of hydrogen-bond acceptors (Lipinski definition) is 4. The lowest BCUT2D eigenvalue weighted by Gasteiger charge is -2.14. The Balaban J connectivity index is 1.48. The van der Waals surface area contributed by atoms with Crippen LogP contribution in [0.25, 0.3) is 0 Å². The molecule has 0 aliphatic rings. The number of para-hydroxylation sites is 1. The molecule has 132 valence electrons. The number of hydrogen-bond donors (Lipinski definition) is 2. The van der Waals surface area contributed by atoms with E-state index >= 15 is 0 Å². The summed E-state index contributed by atoms with van der Waals surface area (Å²) in [5, 5.41) is 6.19. The van der Waals surface area contributed by atoms with E-state index in [1.54, 1.807) is 12.4 Å². The molecule has 0 aliphatic heterocycles. The van der Waals surface area contributed by atoms with Crippen molar-refractivity contribution < 1.29 is 9.53 Å². The number of pyridine rings is 1. The van der Waals surface area contributed by atoms with Gasteiger partial charge in [-0.25, -0.2) is 0 Å². The van der Waals surface area contributed by atoms with Crippen molar-refractivity contribution in [1.29, 1.82) is 0 Å². The normalized spacial score (nSPS) is 11.4. The average molecular weight is 347 g/mol. The van der Waals surface area contributed by atoms with Gasteiger partial charge >= 0.3 is 0 Å². The molecule has 5 nitrogen and oxygen atoms in total. The highest BCUT2D eigenvalue weighted by atomic mass is 16.5. The van der Waals surface area contributed by atoms with Crippen LogP contribution in [0.4, 0.5) is 11.4 Å². The number of rotatable bonds is 7. The monoisotopic (exact) mass is 347 g/mol. The highest BCUT2D eigenvalue weighted by molar-refractivity contribution is 5.78. The van der Waals surface area contributed by atoms with Crippen molar-refractivity contribution in [3.63, 3.8) is 0 Å². The Hall–Kier alpha value is -3.34. The van der Waals surface area contributed by atoms with Gasteiger partial charge in [0.1, 0.15) is 5.75 Å². The van der Waals surface area contributed by atoms with Gasteiger partial charge in [-0.05, 0) is 55.0 Å². The average Bonchev–Trinajstić information content (AvgIpc) is 2.69. The topological polar surface area (TPSA) is 63.2 Å². The first-order chi connectivity index (χ1) is 12.7. The lowest BCUT2D eigenvalue weighted by atomic mass is 10.1. The first kappa shape index (κ1) is 17.5. The minimum atomic E-state index is -0.173. The Morgan fingerprint density at radius 2 is 1.73 bits per heavy atom. The Kier molecular flexibility index (Phi) is 5.83. The highest BCUT2D eigenvalue weighted by Crippen LogP contribution is 2.19. The number of nitrogens with one attached hydrogen (secondary N) is 2. The van der Waals surface area contributed by atoms with Crippen LogP contribution in [0.1, 0.15) is 18.5 Å². The van der Waals surface area contributed by atoms with Gasteiger partial charge in [0.25, 0.3) is 5.91 Å². The molecule has 5 heteroatoms. The number of ether oxygens (including phenoxy) is 1. The van der Waals surface area contributed by atoms with Crippen molar-refractivity contribution in [3.05, 3.63) is 84.7 Å². The largest absolute Gasteiger partial charge is 0.484 e. The fourth-order valence-corrected chi connectivity index (χ4v) is 2.47. The zero-order chi connectivity index (χ0) is 18.2. The molecule has 0 bridgehead atoms. The maximum Gasteiger partial charge on any atom is 0.258 e. The summed E-state index contributed by atoms with van der Waals surface area (Å²) >= 11 is 0. The summed E-state index contributed by atoms with van der Waals surface area (Å²) in [6.07, 6.45) is 3.45. The fourth-order valence-electron chi connectivity index (χ4n) is 2.47. The van der Waals surface area contributed by atoms with E-state index in [9.17, 15) is 4.79 Å². The van der Waals surface area contributed by atoms with Crippen LogP contribution in [0.15, 0.2) is 79.1 Å². The Morgan fingerprint density at radius 1 is 1.00 bits per heavy atom. The summed E-state index contributed by atoms with van der Waals surface area (Å²) in [6, 6.07) is 21.1. The van der Waals surface area contributed by atoms with E-state index in [0.717, 1.165) is 16.9 Å². The number of benzene rings is 2. The van der Waals surface area contributed by atoms with Crippen molar-refractivity contribution in [3.8, 4) is 5.75 Å². The summed E-state index contributed by atoms with van der Waals surface area (Å²) in [5.74, 6) is 0.473. The van der Waals surface area contributed by atoms with Crippen LogP contribution in [0.5, 0.6) is 5.75 Å². The van der Waals surface area contributed by atoms with Gasteiger partial charge in [-0.1, -0.05) is 24.3 Å². The Bertz CT molecular complexity index is 821. The van der Waals surface area contributed by atoms with Gasteiger partial charge in [-0.2, -0.15) is 0 Å². The van der Waals surface area contributed by atoms with Crippen molar-refractivity contribution >= 4 is 17.3 Å². The summed E-state index contributed by atoms with van der Waals surface area (Å²) < 4.78 is 5.55. The molecule has 0 fully saturated rings. The molecule has 0 saturated heterocycles. The maximum absolute atomic E-state index is 12.0. The zero-order valence-corrected chi connectivity index (χ0v) is 14.6. The molecule has 0 spiro atoms. The molecule has 2 N–H and O–H groups in total. The van der Waals surface area contributed by atoms with Gasteiger partial charge < -0.3 is 15.4 Å². The minimum absolute atomic E-state index is 0.0317. The molecule has 1 atom stereocenters. The van der Waals surface area contributed by atoms with Gasteiger partial charge in [0.15, 0.2) is 6.61 Å². The number of carbonyl (C=O) groups excluding carboxylic acids is 1. The van der Waals surface area contributed by atoms with E-state index in [1.807, 2.05) is 73.7 Å². The maximum atomic E-state index is 12.0. The number of nitrogens with zero attached hydrogens (tertiary/aromatic N) is 1. The molecule has 0 radical (unpaired) electrons. The second kappa shape index (κ2) is 8.67. The van der Waals surface area contributed by atoms with E-state index in [2.05, 4.69) is 15.6 Å². The Morgan fingerprint density at radius 3 is 2.42 bits per heavy atom. The lowest BCUT2D eigenvalue weighted by molar-refractivity contribution is -0.123. The van der Waals surface area contributed by atoms with E-state index in [4.69, 9.17) is 4.74 Å². The van der Waals surface area contributed by atoms with Gasteiger partial charge in [-0.15, -0.1) is 0 Å². The van der Waals surface area contributed by atoms with E-state index in [1.165, 1.54) is 0 Å². The number of aromatic nitrogens is 1. The van der Waals surface area contributed by atoms with Crippen LogP contribution in [0, 0.1) is 0 Å². The first-order valence-electron chi connectivity index (χ1n) is 8.45. The number of amides is 1. The second-order valence-electron chi connectivity index (χ2n) is 5.88. The summed E-state index contributed by atoms with van der Waals surface area (Å²) in [4.78, 5) is 16.1. The van der Waals surface area contributed by atoms with Crippen molar-refractivity contribution in [2.45, 2.75) is 13.0 Å². The van der Waals surface area contributed by atoms with E-state index < -0.39 is 0 Å². The highest BCUT2D eigenvalue weighted by Gasteiger charge is 2.10. The summed E-state index contributed by atoms with van der Waals surface area (Å²) in [7, 11) is 0. The van der Waals surface area contributed by atoms with E-state index in [-0.39, 0.29) is 18.6 Å². The molecule has 2 aromatic carbocycles. The van der Waals surface area contributed by atoms with Crippen molar-refractivity contribution in [2.24, 2.45) is 0 Å². The fraction of sp³-hybridized carbons (Fsp3) is 0.143. The van der Waals surface area contributed by atoms with Crippen LogP contribution < -0.4 is 15.4 Å².